The number of amides is 1. The molecule has 1 spiro atoms. The van der Waals surface area contributed by atoms with Gasteiger partial charge in [-0.05, 0) is 68.3 Å². The molecule has 2 atom stereocenters. The Labute approximate surface area is 160 Å². The van der Waals surface area contributed by atoms with Crippen molar-refractivity contribution >= 4 is 18.3 Å². The number of nitrogens with one attached hydrogen (secondary N) is 1. The van der Waals surface area contributed by atoms with Gasteiger partial charge in [-0.3, -0.25) is 4.79 Å². The van der Waals surface area contributed by atoms with Crippen LogP contribution in [0.4, 0.5) is 4.39 Å². The number of piperidine rings is 1. The third-order valence-electron chi connectivity index (χ3n) is 6.11. The molecule has 1 N–H and O–H groups in total. The Hall–Kier alpha value is -1.17. The minimum Gasteiger partial charge on any atom is -0.376 e. The predicted molar refractivity (Wildman–Crippen MR) is 101 cm³/mol. The van der Waals surface area contributed by atoms with Crippen molar-refractivity contribution in [3.8, 4) is 0 Å². The molecule has 2 aliphatic heterocycles. The Balaban J connectivity index is 0.00000196. The van der Waals surface area contributed by atoms with E-state index in [4.69, 9.17) is 4.74 Å². The standard InChI is InChI=1S/C20H27FN2O2.ClH/c21-16-4-1-3-15(11-16)13-23(14-17-5-2-10-25-17)19(24)18-12-20(18)6-8-22-9-7-20;/h1,3-4,11,17-18,22H,2,5-10,12-14H2;1H. The van der Waals surface area contributed by atoms with Gasteiger partial charge in [0.2, 0.25) is 5.91 Å². The topological polar surface area (TPSA) is 41.6 Å². The highest BCUT2D eigenvalue weighted by Gasteiger charge is 2.58. The fraction of sp³-hybridized carbons (Fsp3) is 0.650. The number of hydrogen-bond donors (Lipinski definition) is 1. The summed E-state index contributed by atoms with van der Waals surface area (Å²) < 4.78 is 19.3. The highest BCUT2D eigenvalue weighted by molar-refractivity contribution is 5.85. The zero-order valence-electron chi connectivity index (χ0n) is 15.1. The van der Waals surface area contributed by atoms with Gasteiger partial charge in [0.1, 0.15) is 5.82 Å². The first-order valence-electron chi connectivity index (χ1n) is 9.52. The maximum absolute atomic E-state index is 13.5. The van der Waals surface area contributed by atoms with Gasteiger partial charge in [-0.1, -0.05) is 12.1 Å². The van der Waals surface area contributed by atoms with Crippen LogP contribution in [0.25, 0.3) is 0 Å². The van der Waals surface area contributed by atoms with Gasteiger partial charge in [0, 0.05) is 25.6 Å². The zero-order valence-corrected chi connectivity index (χ0v) is 15.9. The van der Waals surface area contributed by atoms with E-state index in [1.807, 2.05) is 11.0 Å². The molecule has 26 heavy (non-hydrogen) atoms. The summed E-state index contributed by atoms with van der Waals surface area (Å²) in [5, 5.41) is 3.39. The lowest BCUT2D eigenvalue weighted by molar-refractivity contribution is -0.136. The van der Waals surface area contributed by atoms with E-state index >= 15 is 0 Å². The Bertz CT molecular complexity index is 630. The van der Waals surface area contributed by atoms with Crippen LogP contribution < -0.4 is 5.32 Å². The fourth-order valence-corrected chi connectivity index (χ4v) is 4.52. The van der Waals surface area contributed by atoms with Crippen LogP contribution in [0.2, 0.25) is 0 Å². The molecule has 1 amide bonds. The summed E-state index contributed by atoms with van der Waals surface area (Å²) in [5.41, 5.74) is 1.07. The van der Waals surface area contributed by atoms with Crippen molar-refractivity contribution in [3.05, 3.63) is 35.6 Å². The molecule has 4 rings (SSSR count). The summed E-state index contributed by atoms with van der Waals surface area (Å²) in [6, 6.07) is 6.58. The number of ether oxygens (including phenoxy) is 1. The third-order valence-corrected chi connectivity index (χ3v) is 6.11. The normalized spacial score (nSPS) is 26.3. The van der Waals surface area contributed by atoms with E-state index in [1.54, 1.807) is 6.07 Å². The van der Waals surface area contributed by atoms with E-state index in [1.165, 1.54) is 12.1 Å². The number of benzene rings is 1. The predicted octanol–water partition coefficient (Wildman–Crippen LogP) is 3.14. The van der Waals surface area contributed by atoms with E-state index in [2.05, 4.69) is 5.32 Å². The number of rotatable bonds is 5. The van der Waals surface area contributed by atoms with Crippen LogP contribution in [0.5, 0.6) is 0 Å². The number of carbonyl (C=O) groups excluding carboxylic acids is 1. The molecule has 1 aromatic carbocycles. The van der Waals surface area contributed by atoms with E-state index in [0.717, 1.165) is 57.4 Å². The molecule has 3 fully saturated rings. The molecule has 2 heterocycles. The Morgan fingerprint density at radius 3 is 2.85 bits per heavy atom. The quantitative estimate of drug-likeness (QED) is 0.850. The van der Waals surface area contributed by atoms with Crippen LogP contribution in [-0.4, -0.2) is 43.2 Å². The highest BCUT2D eigenvalue weighted by atomic mass is 35.5. The average molecular weight is 383 g/mol. The molecule has 0 aromatic heterocycles. The summed E-state index contributed by atoms with van der Waals surface area (Å²) in [6.07, 6.45) is 5.39. The van der Waals surface area contributed by atoms with Crippen molar-refractivity contribution < 1.29 is 13.9 Å². The summed E-state index contributed by atoms with van der Waals surface area (Å²) >= 11 is 0. The molecule has 2 unspecified atom stereocenters. The van der Waals surface area contributed by atoms with Gasteiger partial charge >= 0.3 is 0 Å². The van der Waals surface area contributed by atoms with Crippen molar-refractivity contribution in [2.45, 2.75) is 44.8 Å². The first-order chi connectivity index (χ1) is 12.2. The van der Waals surface area contributed by atoms with Crippen LogP contribution in [-0.2, 0) is 16.1 Å². The summed E-state index contributed by atoms with van der Waals surface area (Å²) in [5.74, 6) is 0.134. The van der Waals surface area contributed by atoms with Crippen LogP contribution in [0, 0.1) is 17.2 Å². The van der Waals surface area contributed by atoms with Gasteiger partial charge in [-0.2, -0.15) is 0 Å². The minimum absolute atomic E-state index is 0. The van der Waals surface area contributed by atoms with Crippen molar-refractivity contribution in [1.29, 1.82) is 0 Å². The lowest BCUT2D eigenvalue weighted by Gasteiger charge is -2.28. The molecule has 1 aromatic rings. The van der Waals surface area contributed by atoms with Crippen LogP contribution in [0.15, 0.2) is 24.3 Å². The number of nitrogens with zero attached hydrogens (tertiary/aromatic N) is 1. The van der Waals surface area contributed by atoms with Crippen LogP contribution >= 0.6 is 12.4 Å². The molecule has 0 bridgehead atoms. The molecule has 3 aliphatic rings. The van der Waals surface area contributed by atoms with Crippen molar-refractivity contribution in [3.63, 3.8) is 0 Å². The number of carbonyl (C=O) groups is 1. The van der Waals surface area contributed by atoms with E-state index < -0.39 is 0 Å². The first kappa shape index (κ1) is 19.6. The molecule has 2 saturated heterocycles. The van der Waals surface area contributed by atoms with Gasteiger partial charge in [-0.15, -0.1) is 12.4 Å². The van der Waals surface area contributed by atoms with Crippen molar-refractivity contribution in [2.24, 2.45) is 11.3 Å². The van der Waals surface area contributed by atoms with Crippen molar-refractivity contribution in [1.82, 2.24) is 10.2 Å². The second kappa shape index (κ2) is 8.24. The van der Waals surface area contributed by atoms with Gasteiger partial charge in [0.05, 0.1) is 6.10 Å². The van der Waals surface area contributed by atoms with E-state index in [-0.39, 0.29) is 41.6 Å². The zero-order chi connectivity index (χ0) is 17.3. The first-order valence-corrected chi connectivity index (χ1v) is 9.52. The van der Waals surface area contributed by atoms with E-state index in [9.17, 15) is 9.18 Å². The average Bonchev–Trinajstić information content (AvgIpc) is 3.04. The monoisotopic (exact) mass is 382 g/mol. The smallest absolute Gasteiger partial charge is 0.226 e. The minimum atomic E-state index is -0.247. The van der Waals surface area contributed by atoms with Crippen molar-refractivity contribution in [2.75, 3.05) is 26.2 Å². The third kappa shape index (κ3) is 4.21. The second-order valence-corrected chi connectivity index (χ2v) is 7.85. The second-order valence-electron chi connectivity index (χ2n) is 7.85. The molecule has 6 heteroatoms. The highest BCUT2D eigenvalue weighted by Crippen LogP contribution is 2.59. The molecule has 4 nitrogen and oxygen atoms in total. The van der Waals surface area contributed by atoms with Gasteiger partial charge in [0.15, 0.2) is 0 Å². The summed E-state index contributed by atoms with van der Waals surface area (Å²) in [6.45, 7) is 3.91. The lowest BCUT2D eigenvalue weighted by atomic mass is 9.91. The maximum atomic E-state index is 13.5. The lowest BCUT2D eigenvalue weighted by Crippen LogP contribution is -2.40. The van der Waals surface area contributed by atoms with Crippen LogP contribution in [0.1, 0.15) is 37.7 Å². The summed E-state index contributed by atoms with van der Waals surface area (Å²) in [7, 11) is 0. The molecular formula is C20H28ClFN2O2. The summed E-state index contributed by atoms with van der Waals surface area (Å²) in [4.78, 5) is 15.1. The molecule has 1 saturated carbocycles. The Morgan fingerprint density at radius 1 is 1.35 bits per heavy atom. The van der Waals surface area contributed by atoms with Gasteiger partial charge < -0.3 is 15.0 Å². The van der Waals surface area contributed by atoms with Gasteiger partial charge in [-0.25, -0.2) is 4.39 Å². The molecule has 144 valence electrons. The largest absolute Gasteiger partial charge is 0.376 e. The fourth-order valence-electron chi connectivity index (χ4n) is 4.52. The SMILES string of the molecule is Cl.O=C(C1CC12CCNCC2)N(Cc1cccc(F)c1)CC1CCCO1. The Morgan fingerprint density at radius 2 is 2.15 bits per heavy atom. The Kier molecular flexibility index (Phi) is 6.21. The molecule has 1 aliphatic carbocycles. The maximum Gasteiger partial charge on any atom is 0.226 e. The van der Waals surface area contributed by atoms with Gasteiger partial charge in [0.25, 0.3) is 0 Å². The van der Waals surface area contributed by atoms with E-state index in [0.29, 0.717) is 13.1 Å². The molecule has 0 radical (unpaired) electrons. The number of hydrogen-bond acceptors (Lipinski definition) is 3. The van der Waals surface area contributed by atoms with Crippen LogP contribution in [0.3, 0.4) is 0 Å². The molecular weight excluding hydrogens is 355 g/mol. The number of halogens is 2.